The number of halogens is 3. The minimum atomic E-state index is -4.26. The summed E-state index contributed by atoms with van der Waals surface area (Å²) in [7, 11) is 1.63. The van der Waals surface area contributed by atoms with E-state index in [1.807, 2.05) is 0 Å². The predicted octanol–water partition coefficient (Wildman–Crippen LogP) is 1.40. The molecule has 0 spiro atoms. The largest absolute Gasteiger partial charge is 0.401 e. The third kappa shape index (κ3) is 4.83. The molecule has 0 saturated heterocycles. The zero-order chi connectivity index (χ0) is 12.2. The van der Waals surface area contributed by atoms with E-state index in [0.717, 1.165) is 12.8 Å². The van der Waals surface area contributed by atoms with E-state index in [4.69, 9.17) is 0 Å². The van der Waals surface area contributed by atoms with Crippen LogP contribution < -0.4 is 5.32 Å². The highest BCUT2D eigenvalue weighted by atomic mass is 19.4. The van der Waals surface area contributed by atoms with E-state index in [9.17, 15) is 18.0 Å². The molecule has 1 N–H and O–H groups in total. The molecule has 1 fully saturated rings. The van der Waals surface area contributed by atoms with E-state index in [2.05, 4.69) is 5.32 Å². The molecule has 1 aliphatic carbocycles. The second-order valence-electron chi connectivity index (χ2n) is 4.29. The second-order valence-corrected chi connectivity index (χ2v) is 4.29. The molecule has 0 atom stereocenters. The summed E-state index contributed by atoms with van der Waals surface area (Å²) in [5.74, 6) is 0.257. The molecule has 0 aliphatic heterocycles. The van der Waals surface area contributed by atoms with E-state index >= 15 is 0 Å². The Labute approximate surface area is 93.0 Å². The Morgan fingerprint density at radius 2 is 2.06 bits per heavy atom. The topological polar surface area (TPSA) is 32.3 Å². The van der Waals surface area contributed by atoms with Crippen LogP contribution in [0.5, 0.6) is 0 Å². The van der Waals surface area contributed by atoms with Gasteiger partial charge in [0.15, 0.2) is 0 Å². The fourth-order valence-electron chi connectivity index (χ4n) is 1.61. The van der Waals surface area contributed by atoms with Crippen molar-refractivity contribution in [3.05, 3.63) is 0 Å². The third-order valence-electron chi connectivity index (χ3n) is 2.78. The molecule has 1 rings (SSSR count). The fourth-order valence-corrected chi connectivity index (χ4v) is 1.61. The van der Waals surface area contributed by atoms with Gasteiger partial charge in [0.05, 0.1) is 13.1 Å². The van der Waals surface area contributed by atoms with Crippen LogP contribution in [0.1, 0.15) is 19.3 Å². The summed E-state index contributed by atoms with van der Waals surface area (Å²) in [6, 6.07) is 0. The van der Waals surface area contributed by atoms with E-state index in [0.29, 0.717) is 12.5 Å². The molecule has 0 heterocycles. The second kappa shape index (κ2) is 5.52. The van der Waals surface area contributed by atoms with Gasteiger partial charge in [0.2, 0.25) is 5.91 Å². The van der Waals surface area contributed by atoms with Gasteiger partial charge in [-0.05, 0) is 18.8 Å². The van der Waals surface area contributed by atoms with Gasteiger partial charge in [-0.3, -0.25) is 4.79 Å². The van der Waals surface area contributed by atoms with Crippen LogP contribution in [0.2, 0.25) is 0 Å². The normalized spacial score (nSPS) is 17.0. The number of nitrogens with one attached hydrogen (secondary N) is 1. The summed E-state index contributed by atoms with van der Waals surface area (Å²) in [5, 5.41) is 2.10. The Hall–Kier alpha value is -0.780. The van der Waals surface area contributed by atoms with Crippen LogP contribution in [0.25, 0.3) is 0 Å². The van der Waals surface area contributed by atoms with Crippen LogP contribution in [-0.2, 0) is 4.79 Å². The van der Waals surface area contributed by atoms with E-state index < -0.39 is 12.7 Å². The quantitative estimate of drug-likeness (QED) is 0.785. The number of alkyl halides is 3. The highest BCUT2D eigenvalue weighted by Crippen LogP contribution is 2.26. The predicted molar refractivity (Wildman–Crippen MR) is 53.9 cm³/mol. The molecule has 0 radical (unpaired) electrons. The van der Waals surface area contributed by atoms with Gasteiger partial charge in [0.1, 0.15) is 0 Å². The molecule has 1 saturated carbocycles. The van der Waals surface area contributed by atoms with Crippen molar-refractivity contribution >= 4 is 5.91 Å². The maximum absolute atomic E-state index is 11.8. The smallest absolute Gasteiger partial charge is 0.344 e. The summed E-state index contributed by atoms with van der Waals surface area (Å²) >= 11 is 0. The minimum absolute atomic E-state index is 0.247. The van der Waals surface area contributed by atoms with Crippen LogP contribution in [0.15, 0.2) is 0 Å². The summed E-state index contributed by atoms with van der Waals surface area (Å²) in [5.41, 5.74) is 0. The molecule has 3 nitrogen and oxygen atoms in total. The zero-order valence-electron chi connectivity index (χ0n) is 9.31. The van der Waals surface area contributed by atoms with Crippen molar-refractivity contribution in [1.82, 2.24) is 10.2 Å². The van der Waals surface area contributed by atoms with Gasteiger partial charge in [-0.25, -0.2) is 0 Å². The van der Waals surface area contributed by atoms with Crippen LogP contribution in [0, 0.1) is 5.92 Å². The number of likely N-dealkylation sites (N-methyl/N-ethyl adjacent to an activating group) is 1. The number of nitrogens with zero attached hydrogens (tertiary/aromatic N) is 1. The molecule has 0 bridgehead atoms. The van der Waals surface area contributed by atoms with Crippen LogP contribution >= 0.6 is 0 Å². The van der Waals surface area contributed by atoms with Crippen molar-refractivity contribution in [3.63, 3.8) is 0 Å². The number of carbonyl (C=O) groups is 1. The molecule has 1 aliphatic rings. The van der Waals surface area contributed by atoms with Crippen LogP contribution in [0.4, 0.5) is 13.2 Å². The highest BCUT2D eigenvalue weighted by Gasteiger charge is 2.27. The maximum atomic E-state index is 11.8. The summed E-state index contributed by atoms with van der Waals surface area (Å²) in [4.78, 5) is 12.9. The Balaban J connectivity index is 2.13. The van der Waals surface area contributed by atoms with E-state index in [1.165, 1.54) is 11.3 Å². The molecule has 94 valence electrons. The fraction of sp³-hybridized carbons (Fsp3) is 0.900. The van der Waals surface area contributed by atoms with Crippen LogP contribution in [0.3, 0.4) is 0 Å². The molecule has 0 unspecified atom stereocenters. The van der Waals surface area contributed by atoms with Gasteiger partial charge >= 0.3 is 6.18 Å². The van der Waals surface area contributed by atoms with Gasteiger partial charge in [-0.2, -0.15) is 13.2 Å². The summed E-state index contributed by atoms with van der Waals surface area (Å²) in [6.45, 7) is -0.703. The van der Waals surface area contributed by atoms with E-state index in [1.54, 1.807) is 7.05 Å². The van der Waals surface area contributed by atoms with Gasteiger partial charge in [-0.1, -0.05) is 6.42 Å². The zero-order valence-corrected chi connectivity index (χ0v) is 9.31. The SMILES string of the molecule is CN(CC1CCC1)C(=O)CNCC(F)(F)F. The average Bonchev–Trinajstić information content (AvgIpc) is 2.08. The number of hydrogen-bond acceptors (Lipinski definition) is 2. The van der Waals surface area contributed by atoms with Gasteiger partial charge in [0.25, 0.3) is 0 Å². The maximum Gasteiger partial charge on any atom is 0.401 e. The van der Waals surface area contributed by atoms with Crippen molar-refractivity contribution in [2.45, 2.75) is 25.4 Å². The Kier molecular flexibility index (Phi) is 4.58. The molecule has 0 aromatic heterocycles. The molecule has 1 amide bonds. The summed E-state index contributed by atoms with van der Waals surface area (Å²) < 4.78 is 35.4. The van der Waals surface area contributed by atoms with Crippen molar-refractivity contribution in [2.24, 2.45) is 5.92 Å². The standard InChI is InChI=1S/C10H17F3N2O/c1-15(6-8-3-2-4-8)9(16)5-14-7-10(11,12)13/h8,14H,2-7H2,1H3. The highest BCUT2D eigenvalue weighted by molar-refractivity contribution is 5.77. The van der Waals surface area contributed by atoms with E-state index in [-0.39, 0.29) is 12.5 Å². The lowest BCUT2D eigenvalue weighted by Crippen LogP contribution is -2.41. The number of rotatable bonds is 5. The first-order valence-electron chi connectivity index (χ1n) is 5.40. The van der Waals surface area contributed by atoms with Crippen LogP contribution in [-0.4, -0.2) is 43.7 Å². The molecule has 6 heteroatoms. The molecular formula is C10H17F3N2O. The monoisotopic (exact) mass is 238 g/mol. The Bertz CT molecular complexity index is 239. The first kappa shape index (κ1) is 13.3. The lowest BCUT2D eigenvalue weighted by atomic mass is 9.85. The van der Waals surface area contributed by atoms with Crippen molar-refractivity contribution in [2.75, 3.05) is 26.7 Å². The van der Waals surface area contributed by atoms with Crippen molar-refractivity contribution in [3.8, 4) is 0 Å². The molecular weight excluding hydrogens is 221 g/mol. The molecule has 0 aromatic carbocycles. The van der Waals surface area contributed by atoms with Gasteiger partial charge in [0, 0.05) is 13.6 Å². The van der Waals surface area contributed by atoms with Gasteiger partial charge in [-0.15, -0.1) is 0 Å². The molecule has 16 heavy (non-hydrogen) atoms. The summed E-state index contributed by atoms with van der Waals surface area (Å²) in [6.07, 6.45) is -0.826. The van der Waals surface area contributed by atoms with Gasteiger partial charge < -0.3 is 10.2 Å². The lowest BCUT2D eigenvalue weighted by molar-refractivity contribution is -0.134. The molecule has 0 aromatic rings. The number of hydrogen-bond donors (Lipinski definition) is 1. The van der Waals surface area contributed by atoms with Crippen molar-refractivity contribution < 1.29 is 18.0 Å². The first-order chi connectivity index (χ1) is 7.38. The third-order valence-corrected chi connectivity index (χ3v) is 2.78. The van der Waals surface area contributed by atoms with Crippen molar-refractivity contribution in [1.29, 1.82) is 0 Å². The minimum Gasteiger partial charge on any atom is -0.344 e. The Morgan fingerprint density at radius 1 is 1.44 bits per heavy atom. The Morgan fingerprint density at radius 3 is 2.50 bits per heavy atom. The average molecular weight is 238 g/mol. The number of carbonyl (C=O) groups excluding carboxylic acids is 1. The first-order valence-corrected chi connectivity index (χ1v) is 5.40. The number of amides is 1. The lowest BCUT2D eigenvalue weighted by Gasteiger charge is -2.30.